The molecule has 7 nitrogen and oxygen atoms in total. The molecule has 0 aliphatic carbocycles. The molecular weight excluding hydrogens is 404 g/mol. The molecule has 0 saturated carbocycles. The first-order chi connectivity index (χ1) is 13.1. The van der Waals surface area contributed by atoms with Gasteiger partial charge in [0.25, 0.3) is 0 Å². The first-order valence-corrected chi connectivity index (χ1v) is 10.7. The van der Waals surface area contributed by atoms with E-state index in [1.807, 2.05) is 0 Å². The molecule has 0 aromatic heterocycles. The fraction of sp³-hybridized carbons (Fsp3) is 0.263. The zero-order valence-corrected chi connectivity index (χ0v) is 17.3. The van der Waals surface area contributed by atoms with Gasteiger partial charge in [0.1, 0.15) is 0 Å². The largest absolute Gasteiger partial charge is 0.462 e. The van der Waals surface area contributed by atoms with Crippen LogP contribution in [-0.2, 0) is 19.4 Å². The second kappa shape index (κ2) is 9.07. The molecule has 0 saturated heterocycles. The molecule has 0 aliphatic rings. The van der Waals surface area contributed by atoms with Crippen LogP contribution in [0.25, 0.3) is 0 Å². The third kappa shape index (κ3) is 5.46. The highest BCUT2D eigenvalue weighted by Crippen LogP contribution is 2.30. The Hall–Kier alpha value is -2.58. The Balaban J connectivity index is 1.99. The minimum Gasteiger partial charge on any atom is -0.462 e. The summed E-state index contributed by atoms with van der Waals surface area (Å²) in [4.78, 5) is 23.8. The number of anilines is 2. The van der Waals surface area contributed by atoms with Crippen molar-refractivity contribution in [1.82, 2.24) is 0 Å². The standard InChI is InChI=1S/C19H21ClN2O5S/c1-4-27-19(24)13-5-7-14(8-6-13)22-17(23)11-21-15-9-10-16(28(3,25)26)18(20)12(15)2/h5-10,21H,4,11H2,1-3H3,(H,22,23). The summed E-state index contributed by atoms with van der Waals surface area (Å²) in [6.07, 6.45) is 1.08. The van der Waals surface area contributed by atoms with Crippen molar-refractivity contribution in [2.75, 3.05) is 30.0 Å². The fourth-order valence-electron chi connectivity index (χ4n) is 2.42. The zero-order valence-electron chi connectivity index (χ0n) is 15.7. The molecule has 2 aromatic rings. The highest BCUT2D eigenvalue weighted by Gasteiger charge is 2.16. The second-order valence-corrected chi connectivity index (χ2v) is 8.38. The summed E-state index contributed by atoms with van der Waals surface area (Å²) < 4.78 is 28.3. The first kappa shape index (κ1) is 21.7. The number of ether oxygens (including phenoxy) is 1. The number of hydrogen-bond acceptors (Lipinski definition) is 6. The minimum atomic E-state index is -3.43. The van der Waals surface area contributed by atoms with Crippen molar-refractivity contribution in [2.45, 2.75) is 18.7 Å². The van der Waals surface area contributed by atoms with Gasteiger partial charge < -0.3 is 15.4 Å². The van der Waals surface area contributed by atoms with Gasteiger partial charge in [-0.15, -0.1) is 0 Å². The van der Waals surface area contributed by atoms with Gasteiger partial charge in [-0.05, 0) is 55.8 Å². The Labute approximate surface area is 169 Å². The molecule has 0 heterocycles. The molecule has 0 atom stereocenters. The highest BCUT2D eigenvalue weighted by atomic mass is 35.5. The van der Waals surface area contributed by atoms with Crippen molar-refractivity contribution in [3.8, 4) is 0 Å². The van der Waals surface area contributed by atoms with Gasteiger partial charge in [0, 0.05) is 17.6 Å². The number of carbonyl (C=O) groups excluding carboxylic acids is 2. The van der Waals surface area contributed by atoms with Gasteiger partial charge in [0.05, 0.1) is 28.6 Å². The van der Waals surface area contributed by atoms with Gasteiger partial charge in [-0.2, -0.15) is 0 Å². The molecule has 0 aliphatic heterocycles. The quantitative estimate of drug-likeness (QED) is 0.661. The Bertz CT molecular complexity index is 988. The molecule has 28 heavy (non-hydrogen) atoms. The van der Waals surface area contributed by atoms with Gasteiger partial charge in [-0.25, -0.2) is 13.2 Å². The van der Waals surface area contributed by atoms with Crippen LogP contribution >= 0.6 is 11.6 Å². The SMILES string of the molecule is CCOC(=O)c1ccc(NC(=O)CNc2ccc(S(C)(=O)=O)c(Cl)c2C)cc1. The van der Waals surface area contributed by atoms with Crippen molar-refractivity contribution >= 4 is 44.7 Å². The summed E-state index contributed by atoms with van der Waals surface area (Å²) in [5, 5.41) is 5.76. The number of esters is 1. The first-order valence-electron chi connectivity index (χ1n) is 8.43. The van der Waals surface area contributed by atoms with Crippen LogP contribution in [0, 0.1) is 6.92 Å². The number of rotatable bonds is 7. The van der Waals surface area contributed by atoms with Gasteiger partial charge >= 0.3 is 5.97 Å². The zero-order chi connectivity index (χ0) is 20.9. The average molecular weight is 425 g/mol. The normalized spacial score (nSPS) is 11.0. The lowest BCUT2D eigenvalue weighted by atomic mass is 10.2. The summed E-state index contributed by atoms with van der Waals surface area (Å²) >= 11 is 6.13. The number of hydrogen-bond donors (Lipinski definition) is 2. The molecule has 9 heteroatoms. The van der Waals surface area contributed by atoms with Crippen LogP contribution in [0.1, 0.15) is 22.8 Å². The van der Waals surface area contributed by atoms with Crippen molar-refractivity contribution in [3.05, 3.63) is 52.5 Å². The lowest BCUT2D eigenvalue weighted by Crippen LogP contribution is -2.22. The van der Waals surface area contributed by atoms with E-state index in [0.717, 1.165) is 6.26 Å². The van der Waals surface area contributed by atoms with E-state index in [0.29, 0.717) is 22.5 Å². The smallest absolute Gasteiger partial charge is 0.338 e. The second-order valence-electron chi connectivity index (χ2n) is 6.02. The number of halogens is 1. The molecule has 0 radical (unpaired) electrons. The molecular formula is C19H21ClN2O5S. The monoisotopic (exact) mass is 424 g/mol. The number of sulfone groups is 1. The maximum absolute atomic E-state index is 12.1. The Morgan fingerprint density at radius 3 is 2.32 bits per heavy atom. The summed E-state index contributed by atoms with van der Waals surface area (Å²) in [6.45, 7) is 3.64. The van der Waals surface area contributed by atoms with E-state index < -0.39 is 15.8 Å². The summed E-state index contributed by atoms with van der Waals surface area (Å²) in [6, 6.07) is 9.31. The van der Waals surface area contributed by atoms with Crippen molar-refractivity contribution in [1.29, 1.82) is 0 Å². The predicted molar refractivity (Wildman–Crippen MR) is 109 cm³/mol. The van der Waals surface area contributed by atoms with Crippen LogP contribution in [0.4, 0.5) is 11.4 Å². The number of nitrogens with one attached hydrogen (secondary N) is 2. The van der Waals surface area contributed by atoms with E-state index >= 15 is 0 Å². The maximum Gasteiger partial charge on any atom is 0.338 e. The predicted octanol–water partition coefficient (Wildman–Crippen LogP) is 3.28. The summed E-state index contributed by atoms with van der Waals surface area (Å²) in [5.74, 6) is -0.737. The van der Waals surface area contributed by atoms with E-state index in [4.69, 9.17) is 16.3 Å². The van der Waals surface area contributed by atoms with E-state index in [2.05, 4.69) is 10.6 Å². The Kier molecular flexibility index (Phi) is 7.04. The van der Waals surface area contributed by atoms with Crippen molar-refractivity contribution in [2.24, 2.45) is 0 Å². The molecule has 0 unspecified atom stereocenters. The lowest BCUT2D eigenvalue weighted by molar-refractivity contribution is -0.114. The van der Waals surface area contributed by atoms with Crippen LogP contribution in [-0.4, -0.2) is 39.7 Å². The molecule has 150 valence electrons. The van der Waals surface area contributed by atoms with Crippen LogP contribution in [0.3, 0.4) is 0 Å². The Morgan fingerprint density at radius 2 is 1.75 bits per heavy atom. The molecule has 0 spiro atoms. The van der Waals surface area contributed by atoms with Gasteiger partial charge in [-0.1, -0.05) is 11.6 Å². The van der Waals surface area contributed by atoms with Crippen LogP contribution in [0.15, 0.2) is 41.3 Å². The highest BCUT2D eigenvalue weighted by molar-refractivity contribution is 7.90. The van der Waals surface area contributed by atoms with E-state index in [9.17, 15) is 18.0 Å². The lowest BCUT2D eigenvalue weighted by Gasteiger charge is -2.13. The van der Waals surface area contributed by atoms with Crippen molar-refractivity contribution in [3.63, 3.8) is 0 Å². The molecule has 1 amide bonds. The molecule has 2 rings (SSSR count). The van der Waals surface area contributed by atoms with Crippen LogP contribution in [0.2, 0.25) is 5.02 Å². The average Bonchev–Trinajstić information content (AvgIpc) is 2.62. The van der Waals surface area contributed by atoms with Gasteiger partial charge in [0.2, 0.25) is 5.91 Å². The molecule has 0 fully saturated rings. The Morgan fingerprint density at radius 1 is 1.11 bits per heavy atom. The number of benzene rings is 2. The van der Waals surface area contributed by atoms with Gasteiger partial charge in [-0.3, -0.25) is 4.79 Å². The topological polar surface area (TPSA) is 102 Å². The molecule has 2 aromatic carbocycles. The van der Waals surface area contributed by atoms with Crippen LogP contribution < -0.4 is 10.6 Å². The number of carbonyl (C=O) groups is 2. The molecule has 0 bridgehead atoms. The van der Waals surface area contributed by atoms with E-state index in [1.165, 1.54) is 6.07 Å². The van der Waals surface area contributed by atoms with Crippen LogP contribution in [0.5, 0.6) is 0 Å². The fourth-order valence-corrected chi connectivity index (χ4v) is 3.80. The summed E-state index contributed by atoms with van der Waals surface area (Å²) in [5.41, 5.74) is 2.03. The summed E-state index contributed by atoms with van der Waals surface area (Å²) in [7, 11) is -3.43. The molecule has 2 N–H and O–H groups in total. The van der Waals surface area contributed by atoms with Crippen molar-refractivity contribution < 1.29 is 22.7 Å². The minimum absolute atomic E-state index is 0.0448. The van der Waals surface area contributed by atoms with E-state index in [1.54, 1.807) is 44.2 Å². The third-order valence-electron chi connectivity index (χ3n) is 3.87. The number of amides is 1. The van der Waals surface area contributed by atoms with Gasteiger partial charge in [0.15, 0.2) is 9.84 Å². The maximum atomic E-state index is 12.1. The van der Waals surface area contributed by atoms with E-state index in [-0.39, 0.29) is 29.0 Å². The third-order valence-corrected chi connectivity index (χ3v) is 5.61.